The molecular formula is C39H33F3N10O4. The molecular weight excluding hydrogens is 729 g/mol. The molecule has 17 heteroatoms. The number of methoxy groups -OCH3 is 1. The monoisotopic (exact) mass is 762 g/mol. The normalized spacial score (nSPS) is 14.6. The van der Waals surface area contributed by atoms with E-state index in [4.69, 9.17) is 14.5 Å². The second-order valence-electron chi connectivity index (χ2n) is 13.6. The van der Waals surface area contributed by atoms with Gasteiger partial charge in [-0.25, -0.2) is 34.8 Å². The molecule has 0 saturated heterocycles. The van der Waals surface area contributed by atoms with Crippen LogP contribution in [0.5, 0.6) is 5.88 Å². The number of benzene rings is 2. The molecule has 0 spiro atoms. The van der Waals surface area contributed by atoms with Gasteiger partial charge in [-0.3, -0.25) is 4.79 Å². The lowest BCUT2D eigenvalue weighted by Gasteiger charge is -2.24. The van der Waals surface area contributed by atoms with Crippen molar-refractivity contribution in [3.63, 3.8) is 0 Å². The van der Waals surface area contributed by atoms with Crippen molar-refractivity contribution in [3.8, 4) is 28.7 Å². The van der Waals surface area contributed by atoms with Crippen molar-refractivity contribution in [1.29, 1.82) is 0 Å². The number of hydrogen-bond donors (Lipinski definition) is 1. The fourth-order valence-corrected chi connectivity index (χ4v) is 6.52. The van der Waals surface area contributed by atoms with Gasteiger partial charge < -0.3 is 18.9 Å². The van der Waals surface area contributed by atoms with Gasteiger partial charge in [-0.05, 0) is 62.1 Å². The van der Waals surface area contributed by atoms with E-state index in [0.29, 0.717) is 50.8 Å². The molecule has 56 heavy (non-hydrogen) atoms. The minimum atomic E-state index is -4.66. The van der Waals surface area contributed by atoms with Crippen LogP contribution in [0.3, 0.4) is 0 Å². The summed E-state index contributed by atoms with van der Waals surface area (Å²) in [4.78, 5) is 53.3. The Kier molecular flexibility index (Phi) is 9.35. The molecule has 14 nitrogen and oxygen atoms in total. The maximum Gasteiger partial charge on any atom is 0.434 e. The molecule has 0 radical (unpaired) electrons. The number of cyclic esters (lactones) is 1. The van der Waals surface area contributed by atoms with Crippen molar-refractivity contribution in [2.24, 2.45) is 0 Å². The second-order valence-corrected chi connectivity index (χ2v) is 13.6. The summed E-state index contributed by atoms with van der Waals surface area (Å²) in [6.45, 7) is 3.77. The van der Waals surface area contributed by atoms with Crippen molar-refractivity contribution >= 4 is 23.8 Å². The first-order chi connectivity index (χ1) is 27.0. The maximum absolute atomic E-state index is 13.9. The maximum atomic E-state index is 13.9. The number of H-pyrrole nitrogens is 1. The Balaban J connectivity index is 1.27. The largest absolute Gasteiger partial charge is 0.480 e. The predicted octanol–water partition coefficient (Wildman–Crippen LogP) is 6.64. The van der Waals surface area contributed by atoms with E-state index < -0.39 is 17.8 Å². The number of alkyl halides is 3. The number of carbonyl (C=O) groups is 1. The predicted molar refractivity (Wildman–Crippen MR) is 197 cm³/mol. The van der Waals surface area contributed by atoms with Crippen LogP contribution in [0, 0.1) is 0 Å². The lowest BCUT2D eigenvalue weighted by atomic mass is 10.00. The molecule has 8 rings (SSSR count). The molecule has 1 N–H and O–H groups in total. The number of fused-ring (bicyclic) bond motifs is 1. The molecule has 1 aliphatic heterocycles. The number of esters is 1. The van der Waals surface area contributed by atoms with Crippen LogP contribution in [0.15, 0.2) is 78.2 Å². The Morgan fingerprint density at radius 3 is 2.48 bits per heavy atom. The van der Waals surface area contributed by atoms with Crippen LogP contribution in [0.2, 0.25) is 0 Å². The minimum Gasteiger partial charge on any atom is -0.480 e. The fraction of sp³-hybridized carbons (Fsp3) is 0.256. The number of rotatable bonds is 11. The highest BCUT2D eigenvalue weighted by Gasteiger charge is 2.36. The average molecular weight is 763 g/mol. The van der Waals surface area contributed by atoms with E-state index in [-0.39, 0.29) is 48.1 Å². The summed E-state index contributed by atoms with van der Waals surface area (Å²) in [6, 6.07) is 14.7. The highest BCUT2D eigenvalue weighted by atomic mass is 19.4. The third-order valence-electron chi connectivity index (χ3n) is 9.40. The third-order valence-corrected chi connectivity index (χ3v) is 9.40. The van der Waals surface area contributed by atoms with Crippen molar-refractivity contribution in [3.05, 3.63) is 123 Å². The summed E-state index contributed by atoms with van der Waals surface area (Å²) in [5.41, 5.74) is 2.96. The molecule has 2 aromatic carbocycles. The van der Waals surface area contributed by atoms with E-state index in [0.717, 1.165) is 24.7 Å². The Labute approximate surface area is 317 Å². The van der Waals surface area contributed by atoms with Gasteiger partial charge in [0.2, 0.25) is 11.8 Å². The van der Waals surface area contributed by atoms with Gasteiger partial charge in [-0.2, -0.15) is 23.3 Å². The smallest absolute Gasteiger partial charge is 0.434 e. The number of imidazole rings is 1. The van der Waals surface area contributed by atoms with E-state index in [1.807, 2.05) is 0 Å². The van der Waals surface area contributed by atoms with Gasteiger partial charge in [0.05, 0.1) is 30.6 Å². The van der Waals surface area contributed by atoms with Crippen LogP contribution in [0.4, 0.5) is 19.1 Å². The molecule has 0 bridgehead atoms. The molecule has 0 atom stereocenters. The van der Waals surface area contributed by atoms with E-state index in [1.165, 1.54) is 30.4 Å². The molecule has 4 aromatic heterocycles. The lowest BCUT2D eigenvalue weighted by Crippen LogP contribution is -2.26. The fourth-order valence-electron chi connectivity index (χ4n) is 6.52. The van der Waals surface area contributed by atoms with Gasteiger partial charge in [-0.15, -0.1) is 0 Å². The Bertz CT molecular complexity index is 2540. The van der Waals surface area contributed by atoms with Crippen molar-refractivity contribution in [2.75, 3.05) is 12.0 Å². The molecule has 0 amide bonds. The van der Waals surface area contributed by atoms with E-state index in [9.17, 15) is 22.8 Å². The van der Waals surface area contributed by atoms with Gasteiger partial charge in [0, 0.05) is 41.9 Å². The lowest BCUT2D eigenvalue weighted by molar-refractivity contribution is -0.140. The standard InChI is InChI=1S/C39H33F3N10O4/c1-21(2)52-18-30(39(40,41)42)47-35(52)23-10-11-24(25(14-23)15-29-27-6-4-5-7-28(27)37(54)56-29)16-51(17-26-12-13-31(53)50-49-26)38-46-20-44-34(48-38)32-33(22-8-9-22)43-19-45-36(32)55-3/h4-7,10-15,18-22H,8-9,16-17H2,1-3H3,(H,50,53)/b29-15-. The van der Waals surface area contributed by atoms with Crippen LogP contribution in [0.25, 0.3) is 34.6 Å². The highest BCUT2D eigenvalue weighted by Crippen LogP contribution is 2.45. The first-order valence-electron chi connectivity index (χ1n) is 17.7. The summed E-state index contributed by atoms with van der Waals surface area (Å²) in [5, 5.41) is 6.68. The van der Waals surface area contributed by atoms with Gasteiger partial charge in [0.15, 0.2) is 11.5 Å². The Morgan fingerprint density at radius 1 is 0.982 bits per heavy atom. The van der Waals surface area contributed by atoms with E-state index in [2.05, 4.69) is 35.1 Å². The first-order valence-corrected chi connectivity index (χ1v) is 17.7. The molecule has 5 heterocycles. The molecule has 1 aliphatic carbocycles. The topological polar surface area (TPSA) is 167 Å². The van der Waals surface area contributed by atoms with Crippen LogP contribution in [-0.2, 0) is 24.0 Å². The summed E-state index contributed by atoms with van der Waals surface area (Å²) < 4.78 is 54.5. The highest BCUT2D eigenvalue weighted by molar-refractivity contribution is 6.05. The molecule has 6 aromatic rings. The van der Waals surface area contributed by atoms with Crippen molar-refractivity contribution in [2.45, 2.75) is 57.9 Å². The number of nitrogens with zero attached hydrogens (tertiary/aromatic N) is 9. The van der Waals surface area contributed by atoms with Crippen LogP contribution in [-0.4, -0.2) is 57.7 Å². The first kappa shape index (κ1) is 36.2. The zero-order valence-electron chi connectivity index (χ0n) is 30.3. The van der Waals surface area contributed by atoms with E-state index in [1.54, 1.807) is 73.4 Å². The summed E-state index contributed by atoms with van der Waals surface area (Å²) in [5.74, 6) is 0.923. The van der Waals surface area contributed by atoms with Crippen LogP contribution < -0.4 is 15.2 Å². The molecule has 2 aliphatic rings. The summed E-state index contributed by atoms with van der Waals surface area (Å²) >= 11 is 0. The van der Waals surface area contributed by atoms with Gasteiger partial charge in [0.25, 0.3) is 5.56 Å². The molecule has 1 fully saturated rings. The SMILES string of the molecule is COc1ncnc(C2CC2)c1-c1ncnc(N(Cc2ccc(=O)[nH]n2)Cc2ccc(-c3nc(C(F)(F)F)cn3C(C)C)cc2/C=C2\OC(=O)c3ccccc32)n1. The number of hydrogen-bond acceptors (Lipinski definition) is 12. The summed E-state index contributed by atoms with van der Waals surface area (Å²) in [6.07, 6.45) is 2.76. The number of ether oxygens (including phenoxy) is 2. The van der Waals surface area contributed by atoms with Gasteiger partial charge in [-0.1, -0.05) is 30.3 Å². The molecule has 1 saturated carbocycles. The third kappa shape index (κ3) is 7.22. The number of aromatic nitrogens is 9. The number of carbonyl (C=O) groups excluding carboxylic acids is 1. The van der Waals surface area contributed by atoms with Gasteiger partial charge in [0.1, 0.15) is 29.8 Å². The van der Waals surface area contributed by atoms with Crippen LogP contribution in [0.1, 0.15) is 82.8 Å². The Morgan fingerprint density at radius 2 is 1.77 bits per heavy atom. The number of nitrogens with one attached hydrogen (secondary N) is 1. The Hall–Kier alpha value is -6.78. The molecule has 0 unspecified atom stereocenters. The van der Waals surface area contributed by atoms with Crippen LogP contribution >= 0.6 is 0 Å². The van der Waals surface area contributed by atoms with Gasteiger partial charge >= 0.3 is 12.1 Å². The quantitative estimate of drug-likeness (QED) is 0.140. The number of anilines is 1. The van der Waals surface area contributed by atoms with Crippen molar-refractivity contribution < 1.29 is 27.4 Å². The number of halogens is 3. The number of aromatic amines is 1. The second kappa shape index (κ2) is 14.5. The minimum absolute atomic E-state index is 0.112. The zero-order chi connectivity index (χ0) is 39.1. The average Bonchev–Trinajstić information content (AvgIpc) is 3.85. The van der Waals surface area contributed by atoms with Crippen molar-refractivity contribution in [1.82, 2.24) is 44.7 Å². The van der Waals surface area contributed by atoms with E-state index >= 15 is 0 Å². The summed E-state index contributed by atoms with van der Waals surface area (Å²) in [7, 11) is 1.51. The molecule has 284 valence electrons. The zero-order valence-corrected chi connectivity index (χ0v) is 30.3.